The van der Waals surface area contributed by atoms with Gasteiger partial charge in [-0.3, -0.25) is 4.98 Å². The molecule has 2 nitrogen and oxygen atoms in total. The first-order valence-corrected chi connectivity index (χ1v) is 7.47. The molecule has 0 aromatic carbocycles. The van der Waals surface area contributed by atoms with Crippen molar-refractivity contribution in [2.45, 2.75) is 58.5 Å². The SMILES string of the molecule is CCC(NC1CCC(C)C(C)C1)c1ccc(F)cn1. The van der Waals surface area contributed by atoms with E-state index in [0.717, 1.165) is 24.0 Å². The summed E-state index contributed by atoms with van der Waals surface area (Å²) >= 11 is 0. The van der Waals surface area contributed by atoms with Gasteiger partial charge >= 0.3 is 0 Å². The van der Waals surface area contributed by atoms with Crippen molar-refractivity contribution >= 4 is 0 Å². The van der Waals surface area contributed by atoms with E-state index in [0.29, 0.717) is 6.04 Å². The van der Waals surface area contributed by atoms with E-state index in [2.05, 4.69) is 31.1 Å². The van der Waals surface area contributed by atoms with Crippen LogP contribution in [0.2, 0.25) is 0 Å². The number of aromatic nitrogens is 1. The molecule has 4 unspecified atom stereocenters. The number of hydrogen-bond donors (Lipinski definition) is 1. The molecule has 2 rings (SSSR count). The summed E-state index contributed by atoms with van der Waals surface area (Å²) < 4.78 is 12.9. The number of nitrogens with zero attached hydrogens (tertiary/aromatic N) is 1. The molecule has 0 bridgehead atoms. The van der Waals surface area contributed by atoms with Gasteiger partial charge in [0.15, 0.2) is 0 Å². The van der Waals surface area contributed by atoms with Crippen LogP contribution >= 0.6 is 0 Å². The second-order valence-electron chi connectivity index (χ2n) is 5.99. The molecular formula is C16H25FN2. The predicted octanol–water partition coefficient (Wildman–Crippen LogP) is 4.09. The van der Waals surface area contributed by atoms with E-state index in [1.807, 2.05) is 0 Å². The van der Waals surface area contributed by atoms with Crippen molar-refractivity contribution in [1.82, 2.24) is 10.3 Å². The zero-order chi connectivity index (χ0) is 13.8. The molecular weight excluding hydrogens is 239 g/mol. The highest BCUT2D eigenvalue weighted by atomic mass is 19.1. The minimum Gasteiger partial charge on any atom is -0.306 e. The van der Waals surface area contributed by atoms with Crippen LogP contribution in [-0.2, 0) is 0 Å². The Kier molecular flexibility index (Phi) is 4.92. The summed E-state index contributed by atoms with van der Waals surface area (Å²) in [6, 6.07) is 4.11. The van der Waals surface area contributed by atoms with Crippen molar-refractivity contribution < 1.29 is 4.39 Å². The van der Waals surface area contributed by atoms with E-state index in [-0.39, 0.29) is 11.9 Å². The molecule has 3 heteroatoms. The van der Waals surface area contributed by atoms with Gasteiger partial charge in [0.25, 0.3) is 0 Å². The van der Waals surface area contributed by atoms with Crippen LogP contribution in [-0.4, -0.2) is 11.0 Å². The number of hydrogen-bond acceptors (Lipinski definition) is 2. The molecule has 1 N–H and O–H groups in total. The Hall–Kier alpha value is -0.960. The highest BCUT2D eigenvalue weighted by Crippen LogP contribution is 2.30. The molecule has 1 heterocycles. The second kappa shape index (κ2) is 6.47. The van der Waals surface area contributed by atoms with Crippen molar-refractivity contribution in [1.29, 1.82) is 0 Å². The lowest BCUT2D eigenvalue weighted by molar-refractivity contribution is 0.213. The Morgan fingerprint density at radius 1 is 1.32 bits per heavy atom. The van der Waals surface area contributed by atoms with Gasteiger partial charge in [0.1, 0.15) is 5.82 Å². The molecule has 106 valence electrons. The summed E-state index contributed by atoms with van der Waals surface area (Å²) in [7, 11) is 0. The van der Waals surface area contributed by atoms with Crippen LogP contribution in [0.25, 0.3) is 0 Å². The lowest BCUT2D eigenvalue weighted by Gasteiger charge is -2.34. The van der Waals surface area contributed by atoms with E-state index in [9.17, 15) is 4.39 Å². The Bertz CT molecular complexity index is 390. The van der Waals surface area contributed by atoms with Crippen LogP contribution in [0.1, 0.15) is 58.2 Å². The number of rotatable bonds is 4. The Labute approximate surface area is 115 Å². The number of nitrogens with one attached hydrogen (secondary N) is 1. The van der Waals surface area contributed by atoms with Gasteiger partial charge in [0, 0.05) is 12.1 Å². The molecule has 1 saturated carbocycles. The standard InChI is InChI=1S/C16H25FN2/c1-4-15(16-8-6-13(17)10-18-16)19-14-7-5-11(2)12(3)9-14/h6,8,10-12,14-15,19H,4-5,7,9H2,1-3H3. The fourth-order valence-electron chi connectivity index (χ4n) is 2.99. The molecule has 0 spiro atoms. The van der Waals surface area contributed by atoms with E-state index in [1.54, 1.807) is 6.07 Å². The third-order valence-corrected chi connectivity index (χ3v) is 4.55. The molecule has 1 fully saturated rings. The Morgan fingerprint density at radius 3 is 2.68 bits per heavy atom. The van der Waals surface area contributed by atoms with Gasteiger partial charge in [0.05, 0.1) is 11.9 Å². The lowest BCUT2D eigenvalue weighted by Crippen LogP contribution is -2.38. The molecule has 19 heavy (non-hydrogen) atoms. The van der Waals surface area contributed by atoms with Crippen molar-refractivity contribution in [3.05, 3.63) is 29.8 Å². The zero-order valence-electron chi connectivity index (χ0n) is 12.2. The van der Waals surface area contributed by atoms with Gasteiger partial charge < -0.3 is 5.32 Å². The number of halogens is 1. The molecule has 4 atom stereocenters. The molecule has 0 amide bonds. The Morgan fingerprint density at radius 2 is 2.11 bits per heavy atom. The van der Waals surface area contributed by atoms with Crippen molar-refractivity contribution in [3.63, 3.8) is 0 Å². The highest BCUT2D eigenvalue weighted by Gasteiger charge is 2.26. The zero-order valence-corrected chi connectivity index (χ0v) is 12.2. The van der Waals surface area contributed by atoms with Gasteiger partial charge in [-0.2, -0.15) is 0 Å². The summed E-state index contributed by atoms with van der Waals surface area (Å²) in [5, 5.41) is 3.71. The fourth-order valence-corrected chi connectivity index (χ4v) is 2.99. The first kappa shape index (κ1) is 14.4. The third kappa shape index (κ3) is 3.75. The maximum absolute atomic E-state index is 12.9. The lowest BCUT2D eigenvalue weighted by atomic mass is 9.79. The van der Waals surface area contributed by atoms with Crippen LogP contribution in [0, 0.1) is 17.7 Å². The molecule has 1 aromatic heterocycles. The molecule has 0 radical (unpaired) electrons. The van der Waals surface area contributed by atoms with Crippen LogP contribution in [0.4, 0.5) is 4.39 Å². The smallest absolute Gasteiger partial charge is 0.141 e. The van der Waals surface area contributed by atoms with Gasteiger partial charge in [-0.1, -0.05) is 20.8 Å². The topological polar surface area (TPSA) is 24.9 Å². The van der Waals surface area contributed by atoms with Crippen LogP contribution in [0.15, 0.2) is 18.3 Å². The van der Waals surface area contributed by atoms with E-state index >= 15 is 0 Å². The molecule has 1 aliphatic carbocycles. The maximum atomic E-state index is 12.9. The highest BCUT2D eigenvalue weighted by molar-refractivity contribution is 5.10. The van der Waals surface area contributed by atoms with Crippen molar-refractivity contribution in [2.75, 3.05) is 0 Å². The second-order valence-corrected chi connectivity index (χ2v) is 5.99. The number of pyridine rings is 1. The average Bonchev–Trinajstić information content (AvgIpc) is 2.41. The van der Waals surface area contributed by atoms with Crippen LogP contribution in [0.3, 0.4) is 0 Å². The summed E-state index contributed by atoms with van der Waals surface area (Å²) in [4.78, 5) is 4.21. The largest absolute Gasteiger partial charge is 0.306 e. The maximum Gasteiger partial charge on any atom is 0.141 e. The molecule has 1 aromatic rings. The Balaban J connectivity index is 1.97. The predicted molar refractivity (Wildman–Crippen MR) is 76.3 cm³/mol. The molecule has 1 aliphatic rings. The molecule has 0 saturated heterocycles. The quantitative estimate of drug-likeness (QED) is 0.886. The minimum absolute atomic E-state index is 0.242. The summed E-state index contributed by atoms with van der Waals surface area (Å²) in [5.74, 6) is 1.35. The van der Waals surface area contributed by atoms with Gasteiger partial charge in [0.2, 0.25) is 0 Å². The van der Waals surface area contributed by atoms with Gasteiger partial charge in [-0.05, 0) is 49.7 Å². The van der Waals surface area contributed by atoms with E-state index in [1.165, 1.54) is 31.5 Å². The van der Waals surface area contributed by atoms with Crippen molar-refractivity contribution in [2.24, 2.45) is 11.8 Å². The van der Waals surface area contributed by atoms with Gasteiger partial charge in [-0.15, -0.1) is 0 Å². The summed E-state index contributed by atoms with van der Waals surface area (Å²) in [5.41, 5.74) is 0.954. The van der Waals surface area contributed by atoms with E-state index < -0.39 is 0 Å². The summed E-state index contributed by atoms with van der Waals surface area (Å²) in [6.45, 7) is 6.84. The fraction of sp³-hybridized carbons (Fsp3) is 0.688. The van der Waals surface area contributed by atoms with Crippen molar-refractivity contribution in [3.8, 4) is 0 Å². The van der Waals surface area contributed by atoms with Gasteiger partial charge in [-0.25, -0.2) is 4.39 Å². The van der Waals surface area contributed by atoms with E-state index in [4.69, 9.17) is 0 Å². The van der Waals surface area contributed by atoms with Crippen LogP contribution in [0.5, 0.6) is 0 Å². The minimum atomic E-state index is -0.265. The summed E-state index contributed by atoms with van der Waals surface area (Å²) in [6.07, 6.45) is 6.07. The third-order valence-electron chi connectivity index (χ3n) is 4.55. The first-order chi connectivity index (χ1) is 9.10. The normalized spacial score (nSPS) is 29.2. The first-order valence-electron chi connectivity index (χ1n) is 7.47. The monoisotopic (exact) mass is 264 g/mol. The molecule has 0 aliphatic heterocycles. The average molecular weight is 264 g/mol. The van der Waals surface area contributed by atoms with Crippen LogP contribution < -0.4 is 5.32 Å².